The fraction of sp³-hybridized carbons (Fsp3) is 0.125. The summed E-state index contributed by atoms with van der Waals surface area (Å²) in [5, 5.41) is 2.51. The monoisotopic (exact) mass is 867 g/mol. The smallest absolute Gasteiger partial charge is 0.497 e. The van der Waals surface area contributed by atoms with E-state index in [1.54, 1.807) is 28.4 Å². The van der Waals surface area contributed by atoms with Gasteiger partial charge in [0.1, 0.15) is 23.0 Å². The molecule has 0 spiro atoms. The average Bonchev–Trinajstić information content (AvgIpc) is 3.66. The van der Waals surface area contributed by atoms with Gasteiger partial charge in [0.2, 0.25) is 0 Å². The van der Waals surface area contributed by atoms with Gasteiger partial charge >= 0.3 is 51.4 Å². The minimum Gasteiger partial charge on any atom is -0.497 e. The zero-order chi connectivity index (χ0) is 43.3. The van der Waals surface area contributed by atoms with Crippen molar-refractivity contribution in [2.45, 2.75) is 19.9 Å². The molecule has 0 bridgehead atoms. The van der Waals surface area contributed by atoms with E-state index < -0.39 is 0 Å². The van der Waals surface area contributed by atoms with Crippen molar-refractivity contribution in [3.05, 3.63) is 188 Å². The molecule has 0 saturated heterocycles. The van der Waals surface area contributed by atoms with Crippen molar-refractivity contribution < 1.29 is 70.3 Å². The predicted molar refractivity (Wildman–Crippen MR) is 260 cm³/mol. The molecular weight excluding hydrogens is 818 g/mol. The molecule has 0 N–H and O–H groups in total. The summed E-state index contributed by atoms with van der Waals surface area (Å²) in [5.74, 6) is 3.27. The largest absolute Gasteiger partial charge is 1.00 e. The number of anilines is 6. The van der Waals surface area contributed by atoms with Gasteiger partial charge in [-0.05, 0) is 162 Å². The van der Waals surface area contributed by atoms with Gasteiger partial charge in [0.25, 0.3) is 0 Å². The number of rotatable bonds is 15. The first-order valence-corrected chi connectivity index (χ1v) is 21.2. The number of nitrogens with zero attached hydrogens (tertiary/aromatic N) is 3. The first kappa shape index (κ1) is 44.6. The normalized spacial score (nSPS) is 11.0. The third-order valence-electron chi connectivity index (χ3n) is 11.7. The molecule has 1 aromatic heterocycles. The summed E-state index contributed by atoms with van der Waals surface area (Å²) in [5.41, 5.74) is 13.4. The Morgan fingerprint density at radius 2 is 0.641 bits per heavy atom. The molecule has 1 heterocycles. The Balaban J connectivity index is 0.00000560. The van der Waals surface area contributed by atoms with E-state index in [1.807, 2.05) is 48.5 Å². The Bertz CT molecular complexity index is 2650. The molecule has 0 saturated carbocycles. The molecule has 8 aromatic carbocycles. The van der Waals surface area contributed by atoms with Crippen LogP contribution in [-0.2, 0) is 6.54 Å². The summed E-state index contributed by atoms with van der Waals surface area (Å²) in [4.78, 5) is 4.49. The summed E-state index contributed by atoms with van der Waals surface area (Å²) < 4.78 is 24.3. The minimum absolute atomic E-state index is 0. The summed E-state index contributed by atoms with van der Waals surface area (Å²) in [7, 11) is 6.76. The molecule has 9 aromatic rings. The van der Waals surface area contributed by atoms with Crippen LogP contribution >= 0.6 is 0 Å². The number of aromatic nitrogens is 1. The predicted octanol–water partition coefficient (Wildman–Crippen LogP) is 11.7. The second-order valence-electron chi connectivity index (χ2n) is 15.4. The SMILES string of the molecule is C[CH-]CCn1c2cc(-c3ccc(N(c4ccc(OC)cc4)c4ccc(OC)cc4)cc3)ccc2c2ccc(-c3ccc(N(c4ccc(OC)cc4)c4ccc(OC)cc4)cc3)cc21.[K+]. The number of aryl methyl sites for hydroxylation is 1. The molecular formula is C56H50KN3O4. The van der Waals surface area contributed by atoms with E-state index >= 15 is 0 Å². The minimum atomic E-state index is 0. The fourth-order valence-electron chi connectivity index (χ4n) is 8.38. The topological polar surface area (TPSA) is 48.3 Å². The zero-order valence-electron chi connectivity index (χ0n) is 37.3. The van der Waals surface area contributed by atoms with Gasteiger partial charge in [-0.15, -0.1) is 0 Å². The molecule has 0 amide bonds. The van der Waals surface area contributed by atoms with Crippen molar-refractivity contribution in [2.24, 2.45) is 0 Å². The van der Waals surface area contributed by atoms with Crippen LogP contribution in [0.25, 0.3) is 44.1 Å². The number of hydrogen-bond acceptors (Lipinski definition) is 6. The van der Waals surface area contributed by atoms with Crippen LogP contribution in [0.5, 0.6) is 23.0 Å². The van der Waals surface area contributed by atoms with E-state index in [0.29, 0.717) is 0 Å². The molecule has 0 unspecified atom stereocenters. The van der Waals surface area contributed by atoms with Crippen molar-refractivity contribution in [3.63, 3.8) is 0 Å². The van der Waals surface area contributed by atoms with Crippen LogP contribution in [0, 0.1) is 6.42 Å². The van der Waals surface area contributed by atoms with Crippen molar-refractivity contribution in [1.29, 1.82) is 0 Å². The zero-order valence-corrected chi connectivity index (χ0v) is 40.4. The number of methoxy groups -OCH3 is 4. The Labute approximate surface area is 418 Å². The van der Waals surface area contributed by atoms with Crippen LogP contribution in [-0.4, -0.2) is 33.0 Å². The van der Waals surface area contributed by atoms with E-state index in [2.05, 4.69) is 161 Å². The van der Waals surface area contributed by atoms with Gasteiger partial charge < -0.3 is 39.7 Å². The van der Waals surface area contributed by atoms with Gasteiger partial charge in [-0.25, -0.2) is 0 Å². The van der Waals surface area contributed by atoms with Crippen molar-refractivity contribution in [2.75, 3.05) is 38.2 Å². The fourth-order valence-corrected chi connectivity index (χ4v) is 8.38. The molecule has 0 radical (unpaired) electrons. The van der Waals surface area contributed by atoms with Gasteiger partial charge in [0.05, 0.1) is 28.4 Å². The molecule has 8 heteroatoms. The average molecular weight is 868 g/mol. The number of benzene rings is 8. The molecule has 0 aliphatic rings. The first-order valence-electron chi connectivity index (χ1n) is 21.2. The van der Waals surface area contributed by atoms with E-state index in [4.69, 9.17) is 18.9 Å². The maximum absolute atomic E-state index is 5.46. The van der Waals surface area contributed by atoms with Gasteiger partial charge in [0, 0.05) is 55.9 Å². The summed E-state index contributed by atoms with van der Waals surface area (Å²) >= 11 is 0. The Morgan fingerprint density at radius 3 is 0.906 bits per heavy atom. The summed E-state index contributed by atoms with van der Waals surface area (Å²) in [6.07, 6.45) is 3.22. The van der Waals surface area contributed by atoms with Gasteiger partial charge in [-0.2, -0.15) is 13.3 Å². The molecule has 314 valence electrons. The molecule has 64 heavy (non-hydrogen) atoms. The number of fused-ring (bicyclic) bond motifs is 3. The van der Waals surface area contributed by atoms with Crippen LogP contribution in [0.3, 0.4) is 0 Å². The third-order valence-corrected chi connectivity index (χ3v) is 11.7. The van der Waals surface area contributed by atoms with Crippen LogP contribution in [0.15, 0.2) is 182 Å². The number of unbranched alkanes of at least 4 members (excludes halogenated alkanes) is 1. The van der Waals surface area contributed by atoms with Crippen molar-refractivity contribution in [3.8, 4) is 45.3 Å². The third kappa shape index (κ3) is 9.16. The first-order chi connectivity index (χ1) is 31.0. The van der Waals surface area contributed by atoms with Crippen LogP contribution < -0.4 is 80.1 Å². The molecule has 9 rings (SSSR count). The maximum Gasteiger partial charge on any atom is 1.00 e. The molecule has 0 atom stereocenters. The van der Waals surface area contributed by atoms with E-state index in [0.717, 1.165) is 81.2 Å². The van der Waals surface area contributed by atoms with Crippen molar-refractivity contribution in [1.82, 2.24) is 4.57 Å². The van der Waals surface area contributed by atoms with Crippen LogP contribution in [0.4, 0.5) is 34.1 Å². The van der Waals surface area contributed by atoms with Gasteiger partial charge in [-0.1, -0.05) is 48.5 Å². The molecule has 7 nitrogen and oxygen atoms in total. The number of hydrogen-bond donors (Lipinski definition) is 0. The standard InChI is InChI=1S/C56H50N3O4.K/c1-6-7-36-57-55-37-41(39-8-14-43(15-9-39)58(45-18-26-49(60-2)27-19-45)46-20-28-50(61-3)29-21-46)12-34-53(55)54-35-13-42(38-56(54)57)40-10-16-44(17-11-40)59(47-22-30-51(62-4)31-23-47)48-24-32-52(63-5)33-25-48;/h6,8-35,37-38H,7,36H2,1-5H3;/q-1;+1. The van der Waals surface area contributed by atoms with Crippen LogP contribution in [0.2, 0.25) is 0 Å². The molecule has 0 fully saturated rings. The summed E-state index contributed by atoms with van der Waals surface area (Å²) in [6, 6.07) is 64.0. The van der Waals surface area contributed by atoms with Crippen molar-refractivity contribution >= 4 is 55.9 Å². The summed E-state index contributed by atoms with van der Waals surface area (Å²) in [6.45, 7) is 3.02. The van der Waals surface area contributed by atoms with E-state index in [9.17, 15) is 0 Å². The maximum atomic E-state index is 5.46. The molecule has 0 aliphatic heterocycles. The van der Waals surface area contributed by atoms with E-state index in [1.165, 1.54) is 32.9 Å². The molecule has 0 aliphatic carbocycles. The van der Waals surface area contributed by atoms with Crippen LogP contribution in [0.1, 0.15) is 13.3 Å². The Hall–Kier alpha value is -6.00. The second kappa shape index (κ2) is 20.2. The Morgan fingerprint density at radius 1 is 0.375 bits per heavy atom. The Kier molecular flexibility index (Phi) is 14.1. The number of ether oxygens (including phenoxy) is 4. The van der Waals surface area contributed by atoms with Gasteiger partial charge in [-0.3, -0.25) is 0 Å². The second-order valence-corrected chi connectivity index (χ2v) is 15.4. The van der Waals surface area contributed by atoms with Gasteiger partial charge in [0.15, 0.2) is 0 Å². The quantitative estimate of drug-likeness (QED) is 0.0756. The van der Waals surface area contributed by atoms with E-state index in [-0.39, 0.29) is 51.4 Å².